The molecule has 268 valence electrons. The van der Waals surface area contributed by atoms with Crippen LogP contribution in [0.3, 0.4) is 0 Å². The van der Waals surface area contributed by atoms with Gasteiger partial charge in [-0.15, -0.1) is 0 Å². The average molecular weight is 728 g/mol. The Hall–Kier alpha value is -7.62. The molecule has 0 saturated carbocycles. The zero-order chi connectivity index (χ0) is 37.7. The Morgan fingerprint density at radius 2 is 0.807 bits per heavy atom. The molecule has 0 aliphatic rings. The van der Waals surface area contributed by atoms with E-state index in [1.807, 2.05) is 0 Å². The molecule has 0 saturated heterocycles. The van der Waals surface area contributed by atoms with Gasteiger partial charge in [-0.05, 0) is 107 Å². The molecule has 3 heteroatoms. The topological polar surface area (TPSA) is 13.1 Å². The van der Waals surface area contributed by atoms with Gasteiger partial charge >= 0.3 is 0 Å². The van der Waals surface area contributed by atoms with E-state index in [4.69, 9.17) is 0 Å². The third-order valence-electron chi connectivity index (χ3n) is 11.3. The molecule has 11 aromatic rings. The molecule has 2 aromatic heterocycles. The number of rotatable bonds is 7. The summed E-state index contributed by atoms with van der Waals surface area (Å²) in [6.07, 6.45) is 0. The zero-order valence-electron chi connectivity index (χ0n) is 31.2. The van der Waals surface area contributed by atoms with Gasteiger partial charge in [0.15, 0.2) is 0 Å². The van der Waals surface area contributed by atoms with Crippen molar-refractivity contribution in [1.29, 1.82) is 0 Å². The molecule has 57 heavy (non-hydrogen) atoms. The van der Waals surface area contributed by atoms with Crippen LogP contribution in [0.5, 0.6) is 0 Å². The van der Waals surface area contributed by atoms with E-state index in [1.54, 1.807) is 0 Å². The predicted octanol–water partition coefficient (Wildman–Crippen LogP) is 14.7. The van der Waals surface area contributed by atoms with E-state index in [0.717, 1.165) is 34.0 Å². The van der Waals surface area contributed by atoms with Crippen molar-refractivity contribution in [3.63, 3.8) is 0 Å². The van der Waals surface area contributed by atoms with Crippen LogP contribution >= 0.6 is 0 Å². The maximum Gasteiger partial charge on any atom is 0.0562 e. The molecule has 0 unspecified atom stereocenters. The van der Waals surface area contributed by atoms with E-state index in [2.05, 4.69) is 238 Å². The molecule has 11 rings (SSSR count). The Morgan fingerprint density at radius 1 is 0.281 bits per heavy atom. The molecule has 9 aromatic carbocycles. The fourth-order valence-corrected chi connectivity index (χ4v) is 8.75. The summed E-state index contributed by atoms with van der Waals surface area (Å²) in [5, 5.41) is 4.90. The van der Waals surface area contributed by atoms with Crippen molar-refractivity contribution in [2.45, 2.75) is 0 Å². The molecular formula is C54H37N3. The van der Waals surface area contributed by atoms with Gasteiger partial charge in [0.05, 0.1) is 22.1 Å². The molecule has 0 N–H and O–H groups in total. The van der Waals surface area contributed by atoms with Crippen LogP contribution in [0.2, 0.25) is 0 Å². The quantitative estimate of drug-likeness (QED) is 0.159. The molecule has 0 atom stereocenters. The fourth-order valence-electron chi connectivity index (χ4n) is 8.75. The first-order valence-corrected chi connectivity index (χ1v) is 19.5. The predicted molar refractivity (Wildman–Crippen MR) is 241 cm³/mol. The second-order valence-electron chi connectivity index (χ2n) is 14.6. The standard InChI is InChI=1S/C54H37N3/c1-6-17-38(18-7-1)40-29-33-50-48(35-40)49-36-44(31-34-51(49)56(50)42-23-12-4-13-24-42)55(41-21-10-3-11-22-41)45-30-32-47-53(37-45)57(43-25-14-5-15-26-43)52-28-16-27-46(54(47)52)39-19-8-2-9-20-39/h1-37H. The normalized spacial score (nSPS) is 11.5. The van der Waals surface area contributed by atoms with Crippen molar-refractivity contribution in [1.82, 2.24) is 9.13 Å². The number of hydrogen-bond donors (Lipinski definition) is 0. The summed E-state index contributed by atoms with van der Waals surface area (Å²) in [6.45, 7) is 0. The van der Waals surface area contributed by atoms with E-state index in [-0.39, 0.29) is 0 Å². The number of fused-ring (bicyclic) bond motifs is 6. The summed E-state index contributed by atoms with van der Waals surface area (Å²) in [5.74, 6) is 0. The molecule has 0 aliphatic heterocycles. The van der Waals surface area contributed by atoms with Gasteiger partial charge in [0.25, 0.3) is 0 Å². The lowest BCUT2D eigenvalue weighted by atomic mass is 9.99. The van der Waals surface area contributed by atoms with E-state index in [1.165, 1.54) is 60.3 Å². The number of benzene rings is 9. The number of hydrogen-bond acceptors (Lipinski definition) is 1. The summed E-state index contributed by atoms with van der Waals surface area (Å²) >= 11 is 0. The highest BCUT2D eigenvalue weighted by Gasteiger charge is 2.21. The van der Waals surface area contributed by atoms with Crippen LogP contribution in [0.4, 0.5) is 17.1 Å². The summed E-state index contributed by atoms with van der Waals surface area (Å²) in [4.78, 5) is 2.40. The Bertz CT molecular complexity index is 3200. The lowest BCUT2D eigenvalue weighted by Gasteiger charge is -2.26. The molecule has 2 heterocycles. The van der Waals surface area contributed by atoms with Crippen LogP contribution in [0.25, 0.3) is 77.2 Å². The highest BCUT2D eigenvalue weighted by Crippen LogP contribution is 2.44. The Morgan fingerprint density at radius 3 is 1.47 bits per heavy atom. The van der Waals surface area contributed by atoms with Gasteiger partial charge in [-0.2, -0.15) is 0 Å². The SMILES string of the molecule is c1ccc(-c2ccc3c(c2)c2cc(N(c4ccccc4)c4ccc5c6c(-c7ccccc7)cccc6n(-c6ccccc6)c5c4)ccc2n3-c2ccccc2)cc1. The Balaban J connectivity index is 1.17. The molecule has 0 spiro atoms. The first kappa shape index (κ1) is 32.8. The van der Waals surface area contributed by atoms with Crippen molar-refractivity contribution >= 4 is 60.7 Å². The molecule has 0 amide bonds. The van der Waals surface area contributed by atoms with Crippen LogP contribution in [-0.4, -0.2) is 9.13 Å². The van der Waals surface area contributed by atoms with Crippen LogP contribution in [0.15, 0.2) is 224 Å². The molecule has 0 aliphatic carbocycles. The summed E-state index contributed by atoms with van der Waals surface area (Å²) in [6, 6.07) is 81.1. The molecule has 3 nitrogen and oxygen atoms in total. The van der Waals surface area contributed by atoms with Crippen LogP contribution in [0.1, 0.15) is 0 Å². The van der Waals surface area contributed by atoms with Crippen LogP contribution in [0, 0.1) is 0 Å². The Kier molecular flexibility index (Phi) is 7.82. The third kappa shape index (κ3) is 5.51. The maximum absolute atomic E-state index is 2.42. The first-order valence-electron chi connectivity index (χ1n) is 19.5. The van der Waals surface area contributed by atoms with Crippen molar-refractivity contribution in [3.8, 4) is 33.6 Å². The van der Waals surface area contributed by atoms with Gasteiger partial charge in [-0.3, -0.25) is 0 Å². The minimum absolute atomic E-state index is 1.09. The maximum atomic E-state index is 2.42. The van der Waals surface area contributed by atoms with Gasteiger partial charge in [-0.1, -0.05) is 140 Å². The summed E-state index contributed by atoms with van der Waals surface area (Å²) in [7, 11) is 0. The smallest absolute Gasteiger partial charge is 0.0562 e. The van der Waals surface area contributed by atoms with Crippen molar-refractivity contribution < 1.29 is 0 Å². The second-order valence-corrected chi connectivity index (χ2v) is 14.6. The van der Waals surface area contributed by atoms with Gasteiger partial charge < -0.3 is 14.0 Å². The van der Waals surface area contributed by atoms with Gasteiger partial charge in [0.1, 0.15) is 0 Å². The largest absolute Gasteiger partial charge is 0.310 e. The van der Waals surface area contributed by atoms with Gasteiger partial charge in [0, 0.05) is 50.0 Å². The first-order chi connectivity index (χ1) is 28.3. The summed E-state index contributed by atoms with van der Waals surface area (Å²) in [5.41, 5.74) is 15.1. The average Bonchev–Trinajstić information content (AvgIpc) is 3.80. The lowest BCUT2D eigenvalue weighted by molar-refractivity contribution is 1.17. The van der Waals surface area contributed by atoms with Crippen LogP contribution in [-0.2, 0) is 0 Å². The number of nitrogens with zero attached hydrogens (tertiary/aromatic N) is 3. The van der Waals surface area contributed by atoms with Crippen molar-refractivity contribution in [2.75, 3.05) is 4.90 Å². The van der Waals surface area contributed by atoms with E-state index >= 15 is 0 Å². The van der Waals surface area contributed by atoms with E-state index in [9.17, 15) is 0 Å². The molecule has 0 fully saturated rings. The fraction of sp³-hybridized carbons (Fsp3) is 0. The monoisotopic (exact) mass is 727 g/mol. The summed E-state index contributed by atoms with van der Waals surface area (Å²) < 4.78 is 4.82. The third-order valence-corrected chi connectivity index (χ3v) is 11.3. The number of aromatic nitrogens is 2. The lowest BCUT2D eigenvalue weighted by Crippen LogP contribution is -2.10. The molecular weight excluding hydrogens is 691 g/mol. The van der Waals surface area contributed by atoms with E-state index in [0.29, 0.717) is 0 Å². The number of para-hydroxylation sites is 3. The van der Waals surface area contributed by atoms with Crippen molar-refractivity contribution in [3.05, 3.63) is 224 Å². The van der Waals surface area contributed by atoms with Gasteiger partial charge in [-0.25, -0.2) is 0 Å². The van der Waals surface area contributed by atoms with Crippen LogP contribution < -0.4 is 4.90 Å². The zero-order valence-corrected chi connectivity index (χ0v) is 31.2. The number of anilines is 3. The van der Waals surface area contributed by atoms with E-state index < -0.39 is 0 Å². The highest BCUT2D eigenvalue weighted by atomic mass is 15.1. The minimum Gasteiger partial charge on any atom is -0.310 e. The Labute approximate surface area is 331 Å². The highest BCUT2D eigenvalue weighted by molar-refractivity contribution is 6.17. The van der Waals surface area contributed by atoms with Crippen molar-refractivity contribution in [2.24, 2.45) is 0 Å². The molecule has 0 radical (unpaired) electrons. The minimum atomic E-state index is 1.09. The second kappa shape index (κ2) is 13.6. The molecule has 0 bridgehead atoms. The van der Waals surface area contributed by atoms with Gasteiger partial charge in [0.2, 0.25) is 0 Å².